The molecule has 3 rings (SSSR count). The van der Waals surface area contributed by atoms with E-state index in [0.29, 0.717) is 18.1 Å². The number of fused-ring (bicyclic) bond motifs is 1. The molecule has 98 valence electrons. The number of hydrogen-bond donors (Lipinski definition) is 1. The van der Waals surface area contributed by atoms with Crippen molar-refractivity contribution in [1.29, 1.82) is 0 Å². The van der Waals surface area contributed by atoms with Gasteiger partial charge in [0.25, 0.3) is 0 Å². The van der Waals surface area contributed by atoms with Crippen molar-refractivity contribution >= 4 is 5.69 Å². The average molecular weight is 250 g/mol. The first-order chi connectivity index (χ1) is 8.59. The summed E-state index contributed by atoms with van der Waals surface area (Å²) in [5, 5.41) is 3.49. The highest BCUT2D eigenvalue weighted by atomic mass is 19.1. The summed E-state index contributed by atoms with van der Waals surface area (Å²) in [7, 11) is 0. The highest BCUT2D eigenvalue weighted by molar-refractivity contribution is 5.43. The summed E-state index contributed by atoms with van der Waals surface area (Å²) < 4.78 is 18.6. The van der Waals surface area contributed by atoms with Gasteiger partial charge in [0.05, 0.1) is 18.0 Å². The molecule has 1 aliphatic heterocycles. The van der Waals surface area contributed by atoms with Crippen LogP contribution in [0, 0.1) is 17.3 Å². The molecule has 0 aromatic carbocycles. The van der Waals surface area contributed by atoms with E-state index in [1.165, 1.54) is 12.5 Å². The number of nitrogens with one attached hydrogen (secondary N) is 1. The molecule has 0 amide bonds. The molecule has 4 heteroatoms. The van der Waals surface area contributed by atoms with Gasteiger partial charge in [0.15, 0.2) is 0 Å². The van der Waals surface area contributed by atoms with Crippen LogP contribution >= 0.6 is 0 Å². The van der Waals surface area contributed by atoms with Crippen molar-refractivity contribution < 1.29 is 9.13 Å². The summed E-state index contributed by atoms with van der Waals surface area (Å²) in [5.74, 6) is 0.131. The van der Waals surface area contributed by atoms with Crippen LogP contribution < -0.4 is 5.32 Å². The predicted octanol–water partition coefficient (Wildman–Crippen LogP) is 2.84. The zero-order valence-electron chi connectivity index (χ0n) is 10.8. The van der Waals surface area contributed by atoms with Gasteiger partial charge in [0.2, 0.25) is 5.95 Å². The Morgan fingerprint density at radius 2 is 2.28 bits per heavy atom. The molecule has 0 bridgehead atoms. The van der Waals surface area contributed by atoms with Crippen LogP contribution in [0.1, 0.15) is 26.7 Å². The van der Waals surface area contributed by atoms with Gasteiger partial charge in [-0.3, -0.25) is 0 Å². The quantitative estimate of drug-likeness (QED) is 0.820. The minimum absolute atomic E-state index is 0.124. The van der Waals surface area contributed by atoms with Crippen LogP contribution in [-0.2, 0) is 4.74 Å². The first-order valence-corrected chi connectivity index (χ1v) is 6.59. The zero-order valence-corrected chi connectivity index (χ0v) is 10.8. The molecule has 1 aromatic heterocycles. The third-order valence-corrected chi connectivity index (χ3v) is 4.38. The normalized spacial score (nSPS) is 33.4. The lowest BCUT2D eigenvalue weighted by Gasteiger charge is -2.60. The Morgan fingerprint density at radius 3 is 3.00 bits per heavy atom. The summed E-state index contributed by atoms with van der Waals surface area (Å²) in [6.45, 7) is 5.34. The fraction of sp³-hybridized carbons (Fsp3) is 0.643. The van der Waals surface area contributed by atoms with Gasteiger partial charge in [-0.25, -0.2) is 4.98 Å². The van der Waals surface area contributed by atoms with Gasteiger partial charge in [-0.2, -0.15) is 4.39 Å². The molecular formula is C14H19FN2O. The van der Waals surface area contributed by atoms with Gasteiger partial charge in [-0.15, -0.1) is 0 Å². The minimum Gasteiger partial charge on any atom is -0.380 e. The largest absolute Gasteiger partial charge is 0.380 e. The van der Waals surface area contributed by atoms with Gasteiger partial charge in [0, 0.05) is 24.0 Å². The maximum Gasteiger partial charge on any atom is 0.212 e. The molecule has 3 unspecified atom stereocenters. The second-order valence-electron chi connectivity index (χ2n) is 5.91. The Bertz CT molecular complexity index is 432. The molecule has 3 nitrogen and oxygen atoms in total. The van der Waals surface area contributed by atoms with E-state index in [4.69, 9.17) is 4.74 Å². The van der Waals surface area contributed by atoms with E-state index >= 15 is 0 Å². The number of aromatic nitrogens is 1. The fourth-order valence-electron chi connectivity index (χ4n) is 3.46. The first-order valence-electron chi connectivity index (χ1n) is 6.59. The third-order valence-electron chi connectivity index (χ3n) is 4.38. The number of anilines is 1. The summed E-state index contributed by atoms with van der Waals surface area (Å²) in [6.07, 6.45) is 4.26. The standard InChI is InChI=1S/C14H19FN2O/c1-14(2)12(10-4-3-7-18-13(10)14)17-9-5-6-11(15)16-8-9/h5-6,8,10,12-13,17H,3-4,7H2,1-2H3. The van der Waals surface area contributed by atoms with E-state index in [1.807, 2.05) is 0 Å². The fourth-order valence-corrected chi connectivity index (χ4v) is 3.46. The van der Waals surface area contributed by atoms with Crippen molar-refractivity contribution in [2.45, 2.75) is 38.8 Å². The highest BCUT2D eigenvalue weighted by Crippen LogP contribution is 2.52. The molecule has 2 heterocycles. The second-order valence-corrected chi connectivity index (χ2v) is 5.91. The van der Waals surface area contributed by atoms with Crippen LogP contribution in [-0.4, -0.2) is 23.7 Å². The molecule has 1 saturated heterocycles. The Hall–Kier alpha value is -1.16. The maximum atomic E-state index is 12.8. The van der Waals surface area contributed by atoms with Crippen LogP contribution in [0.4, 0.5) is 10.1 Å². The predicted molar refractivity (Wildman–Crippen MR) is 67.9 cm³/mol. The van der Waals surface area contributed by atoms with Crippen molar-refractivity contribution in [2.75, 3.05) is 11.9 Å². The van der Waals surface area contributed by atoms with E-state index in [1.54, 1.807) is 12.3 Å². The lowest BCUT2D eigenvalue weighted by Crippen LogP contribution is -2.67. The molecule has 1 N–H and O–H groups in total. The Labute approximate surface area is 107 Å². The average Bonchev–Trinajstić information content (AvgIpc) is 2.38. The molecule has 0 spiro atoms. The van der Waals surface area contributed by atoms with E-state index in [-0.39, 0.29) is 5.41 Å². The number of pyridine rings is 1. The molecule has 1 aliphatic carbocycles. The molecular weight excluding hydrogens is 231 g/mol. The van der Waals surface area contributed by atoms with Gasteiger partial charge in [-0.1, -0.05) is 13.8 Å². The minimum atomic E-state index is -0.438. The zero-order chi connectivity index (χ0) is 12.8. The SMILES string of the molecule is CC1(C)C(Nc2ccc(F)nc2)C2CCCOC21. The summed E-state index contributed by atoms with van der Waals surface area (Å²) in [4.78, 5) is 3.68. The van der Waals surface area contributed by atoms with Crippen LogP contribution in [0.2, 0.25) is 0 Å². The second kappa shape index (κ2) is 4.19. The van der Waals surface area contributed by atoms with Gasteiger partial charge < -0.3 is 10.1 Å². The molecule has 1 aromatic rings. The summed E-state index contributed by atoms with van der Waals surface area (Å²) in [5.41, 5.74) is 1.01. The van der Waals surface area contributed by atoms with Crippen LogP contribution in [0.3, 0.4) is 0 Å². The summed E-state index contributed by atoms with van der Waals surface area (Å²) in [6, 6.07) is 3.52. The van der Waals surface area contributed by atoms with Crippen molar-refractivity contribution in [3.05, 3.63) is 24.3 Å². The number of nitrogens with zero attached hydrogens (tertiary/aromatic N) is 1. The number of rotatable bonds is 2. The van der Waals surface area contributed by atoms with E-state index in [9.17, 15) is 4.39 Å². The van der Waals surface area contributed by atoms with Crippen LogP contribution in [0.15, 0.2) is 18.3 Å². The van der Waals surface area contributed by atoms with E-state index in [0.717, 1.165) is 18.7 Å². The molecule has 2 fully saturated rings. The summed E-state index contributed by atoms with van der Waals surface area (Å²) >= 11 is 0. The number of halogens is 1. The smallest absolute Gasteiger partial charge is 0.212 e. The van der Waals surface area contributed by atoms with Crippen LogP contribution in [0.25, 0.3) is 0 Å². The van der Waals surface area contributed by atoms with Gasteiger partial charge >= 0.3 is 0 Å². The first kappa shape index (κ1) is 11.9. The Balaban J connectivity index is 1.74. The maximum absolute atomic E-state index is 12.8. The lowest BCUT2D eigenvalue weighted by atomic mass is 9.55. The van der Waals surface area contributed by atoms with E-state index < -0.39 is 5.95 Å². The molecule has 1 saturated carbocycles. The molecule has 18 heavy (non-hydrogen) atoms. The van der Waals surface area contributed by atoms with Gasteiger partial charge in [0.1, 0.15) is 0 Å². The molecule has 0 radical (unpaired) electrons. The third kappa shape index (κ3) is 1.79. The number of hydrogen-bond acceptors (Lipinski definition) is 3. The van der Waals surface area contributed by atoms with E-state index in [2.05, 4.69) is 24.1 Å². The topological polar surface area (TPSA) is 34.2 Å². The Kier molecular flexibility index (Phi) is 2.77. The van der Waals surface area contributed by atoms with Crippen molar-refractivity contribution in [3.63, 3.8) is 0 Å². The molecule has 3 atom stereocenters. The highest BCUT2D eigenvalue weighted by Gasteiger charge is 2.57. The monoisotopic (exact) mass is 250 g/mol. The van der Waals surface area contributed by atoms with Gasteiger partial charge in [-0.05, 0) is 25.0 Å². The van der Waals surface area contributed by atoms with Crippen molar-refractivity contribution in [3.8, 4) is 0 Å². The lowest BCUT2D eigenvalue weighted by molar-refractivity contribution is -0.177. The van der Waals surface area contributed by atoms with Crippen molar-refractivity contribution in [2.24, 2.45) is 11.3 Å². The van der Waals surface area contributed by atoms with Crippen molar-refractivity contribution in [1.82, 2.24) is 4.98 Å². The van der Waals surface area contributed by atoms with Crippen LogP contribution in [0.5, 0.6) is 0 Å². The number of ether oxygens (including phenoxy) is 1. The molecule has 2 aliphatic rings. The Morgan fingerprint density at radius 1 is 1.44 bits per heavy atom.